The third-order valence-electron chi connectivity index (χ3n) is 2.31. The van der Waals surface area contributed by atoms with Crippen LogP contribution in [0.15, 0.2) is 24.9 Å². The number of nitrogens with zero attached hydrogens (tertiary/aromatic N) is 5. The molecule has 16 heavy (non-hydrogen) atoms. The standard InChI is InChI=1S/C10H15N5O/c1-10(2,16)9-7-15(13-12-9)6-5-14-4-3-11-8-14/h3-4,7-8,16H,5-6H2,1-2H3. The minimum absolute atomic E-state index is 0.582. The molecule has 0 spiro atoms. The van der Waals surface area contributed by atoms with Crippen LogP contribution < -0.4 is 0 Å². The van der Waals surface area contributed by atoms with Gasteiger partial charge in [0.1, 0.15) is 11.3 Å². The Kier molecular flexibility index (Phi) is 2.74. The van der Waals surface area contributed by atoms with Crippen molar-refractivity contribution < 1.29 is 5.11 Å². The average Bonchev–Trinajstić information content (AvgIpc) is 2.85. The molecule has 0 radical (unpaired) electrons. The fourth-order valence-corrected chi connectivity index (χ4v) is 1.32. The van der Waals surface area contributed by atoms with Crippen LogP contribution in [-0.2, 0) is 18.7 Å². The molecule has 6 heteroatoms. The van der Waals surface area contributed by atoms with E-state index in [-0.39, 0.29) is 0 Å². The SMILES string of the molecule is CC(C)(O)c1cn(CCn2ccnc2)nn1. The number of rotatable bonds is 4. The molecule has 1 N–H and O–H groups in total. The summed E-state index contributed by atoms with van der Waals surface area (Å²) in [5, 5.41) is 17.6. The summed E-state index contributed by atoms with van der Waals surface area (Å²) in [6.45, 7) is 4.88. The van der Waals surface area contributed by atoms with Gasteiger partial charge in [-0.25, -0.2) is 4.98 Å². The molecule has 0 aromatic carbocycles. The molecule has 0 saturated heterocycles. The van der Waals surface area contributed by atoms with Crippen LogP contribution in [0.3, 0.4) is 0 Å². The minimum atomic E-state index is -0.937. The lowest BCUT2D eigenvalue weighted by atomic mass is 10.1. The van der Waals surface area contributed by atoms with Crippen molar-refractivity contribution in [1.29, 1.82) is 0 Å². The molecule has 0 fully saturated rings. The summed E-state index contributed by atoms with van der Waals surface area (Å²) in [6.07, 6.45) is 7.15. The van der Waals surface area contributed by atoms with E-state index in [9.17, 15) is 5.11 Å². The van der Waals surface area contributed by atoms with Gasteiger partial charge >= 0.3 is 0 Å². The Morgan fingerprint density at radius 1 is 1.38 bits per heavy atom. The lowest BCUT2D eigenvalue weighted by Crippen LogP contribution is -2.15. The van der Waals surface area contributed by atoms with E-state index < -0.39 is 5.60 Å². The fraction of sp³-hybridized carbons (Fsp3) is 0.500. The summed E-state index contributed by atoms with van der Waals surface area (Å²) in [7, 11) is 0. The lowest BCUT2D eigenvalue weighted by molar-refractivity contribution is 0.0737. The number of hydrogen-bond acceptors (Lipinski definition) is 4. The topological polar surface area (TPSA) is 68.8 Å². The van der Waals surface area contributed by atoms with Crippen LogP contribution in [0.5, 0.6) is 0 Å². The molecule has 0 aliphatic rings. The molecule has 0 saturated carbocycles. The smallest absolute Gasteiger partial charge is 0.114 e. The Balaban J connectivity index is 1.98. The molecule has 0 aliphatic heterocycles. The highest BCUT2D eigenvalue weighted by Gasteiger charge is 2.19. The van der Waals surface area contributed by atoms with Gasteiger partial charge in [0.25, 0.3) is 0 Å². The average molecular weight is 221 g/mol. The van der Waals surface area contributed by atoms with E-state index in [0.29, 0.717) is 12.2 Å². The van der Waals surface area contributed by atoms with Crippen LogP contribution in [0, 0.1) is 0 Å². The summed E-state index contributed by atoms with van der Waals surface area (Å²) in [4.78, 5) is 3.96. The van der Waals surface area contributed by atoms with Crippen LogP contribution in [-0.4, -0.2) is 29.7 Å². The van der Waals surface area contributed by atoms with Gasteiger partial charge in [-0.3, -0.25) is 4.68 Å². The molecular formula is C10H15N5O. The first-order valence-corrected chi connectivity index (χ1v) is 5.14. The summed E-state index contributed by atoms with van der Waals surface area (Å²) < 4.78 is 3.68. The molecule has 2 aromatic heterocycles. The van der Waals surface area contributed by atoms with E-state index >= 15 is 0 Å². The molecule has 86 valence electrons. The lowest BCUT2D eigenvalue weighted by Gasteiger charge is -2.11. The third-order valence-corrected chi connectivity index (χ3v) is 2.31. The van der Waals surface area contributed by atoms with Gasteiger partial charge < -0.3 is 9.67 Å². The Morgan fingerprint density at radius 3 is 2.75 bits per heavy atom. The Hall–Kier alpha value is -1.69. The number of imidazole rings is 1. The van der Waals surface area contributed by atoms with Crippen molar-refractivity contribution in [2.45, 2.75) is 32.5 Å². The van der Waals surface area contributed by atoms with Gasteiger partial charge in [-0.2, -0.15) is 0 Å². The van der Waals surface area contributed by atoms with E-state index in [2.05, 4.69) is 15.3 Å². The Labute approximate surface area is 93.5 Å². The van der Waals surface area contributed by atoms with Crippen molar-refractivity contribution in [2.75, 3.05) is 0 Å². The van der Waals surface area contributed by atoms with Crippen molar-refractivity contribution in [2.24, 2.45) is 0 Å². The van der Waals surface area contributed by atoms with E-state index in [1.807, 2.05) is 10.8 Å². The molecule has 2 aromatic rings. The normalized spacial score (nSPS) is 11.9. The van der Waals surface area contributed by atoms with E-state index in [0.717, 1.165) is 6.54 Å². The van der Waals surface area contributed by atoms with Gasteiger partial charge in [-0.05, 0) is 13.8 Å². The highest BCUT2D eigenvalue weighted by Crippen LogP contribution is 2.15. The van der Waals surface area contributed by atoms with Crippen molar-refractivity contribution in [1.82, 2.24) is 24.5 Å². The van der Waals surface area contributed by atoms with Gasteiger partial charge in [0, 0.05) is 18.9 Å². The first kappa shape index (κ1) is 10.8. The van der Waals surface area contributed by atoms with Gasteiger partial charge in [0.15, 0.2) is 0 Å². The van der Waals surface area contributed by atoms with Gasteiger partial charge in [-0.1, -0.05) is 5.21 Å². The third kappa shape index (κ3) is 2.46. The van der Waals surface area contributed by atoms with Crippen LogP contribution in [0.1, 0.15) is 19.5 Å². The van der Waals surface area contributed by atoms with Gasteiger partial charge in [-0.15, -0.1) is 5.10 Å². The molecule has 0 aliphatic carbocycles. The second-order valence-corrected chi connectivity index (χ2v) is 4.23. The number of aryl methyl sites for hydroxylation is 2. The highest BCUT2D eigenvalue weighted by molar-refractivity contribution is 5.02. The number of hydrogen-bond donors (Lipinski definition) is 1. The van der Waals surface area contributed by atoms with Crippen LogP contribution in [0.25, 0.3) is 0 Å². The maximum absolute atomic E-state index is 9.72. The quantitative estimate of drug-likeness (QED) is 0.811. The largest absolute Gasteiger partial charge is 0.384 e. The molecule has 0 amide bonds. The Morgan fingerprint density at radius 2 is 2.19 bits per heavy atom. The van der Waals surface area contributed by atoms with Gasteiger partial charge in [0.2, 0.25) is 0 Å². The summed E-state index contributed by atoms with van der Waals surface area (Å²) >= 11 is 0. The second kappa shape index (κ2) is 4.05. The van der Waals surface area contributed by atoms with Crippen molar-refractivity contribution in [3.05, 3.63) is 30.6 Å². The van der Waals surface area contributed by atoms with Crippen LogP contribution >= 0.6 is 0 Å². The van der Waals surface area contributed by atoms with Crippen molar-refractivity contribution in [3.8, 4) is 0 Å². The monoisotopic (exact) mass is 221 g/mol. The molecule has 2 rings (SSSR count). The van der Waals surface area contributed by atoms with Crippen molar-refractivity contribution in [3.63, 3.8) is 0 Å². The molecule has 6 nitrogen and oxygen atoms in total. The molecule has 0 atom stereocenters. The minimum Gasteiger partial charge on any atom is -0.384 e. The predicted molar refractivity (Wildman–Crippen MR) is 57.5 cm³/mol. The zero-order valence-electron chi connectivity index (χ0n) is 9.41. The Bertz CT molecular complexity index is 440. The second-order valence-electron chi connectivity index (χ2n) is 4.23. The molecule has 0 unspecified atom stereocenters. The molecular weight excluding hydrogens is 206 g/mol. The molecule has 2 heterocycles. The number of aromatic nitrogens is 5. The predicted octanol–water partition coefficient (Wildman–Crippen LogP) is 0.402. The zero-order chi connectivity index (χ0) is 11.6. The van der Waals surface area contributed by atoms with Gasteiger partial charge in [0.05, 0.1) is 19.1 Å². The zero-order valence-corrected chi connectivity index (χ0v) is 9.41. The molecule has 0 bridgehead atoms. The van der Waals surface area contributed by atoms with E-state index in [4.69, 9.17) is 0 Å². The van der Waals surface area contributed by atoms with Crippen LogP contribution in [0.4, 0.5) is 0 Å². The number of aliphatic hydroxyl groups is 1. The summed E-state index contributed by atoms with van der Waals surface area (Å²) in [6, 6.07) is 0. The van der Waals surface area contributed by atoms with Crippen molar-refractivity contribution >= 4 is 0 Å². The first-order valence-electron chi connectivity index (χ1n) is 5.14. The first-order chi connectivity index (χ1) is 7.55. The maximum Gasteiger partial charge on any atom is 0.114 e. The summed E-state index contributed by atoms with van der Waals surface area (Å²) in [5.74, 6) is 0. The van der Waals surface area contributed by atoms with E-state index in [1.165, 1.54) is 0 Å². The summed E-state index contributed by atoms with van der Waals surface area (Å²) in [5.41, 5.74) is -0.356. The highest BCUT2D eigenvalue weighted by atomic mass is 16.3. The maximum atomic E-state index is 9.72. The van der Waals surface area contributed by atoms with Crippen LogP contribution in [0.2, 0.25) is 0 Å². The van der Waals surface area contributed by atoms with E-state index in [1.54, 1.807) is 37.3 Å². The fourth-order valence-electron chi connectivity index (χ4n) is 1.32.